The smallest absolute Gasteiger partial charge is 0.229 e. The standard InChI is InChI=1S/C22H26N4O3/c1-6-26(17-10-8-7-9-11-17)20-12-15(2)23-22(25-20)24-16-13-18(27-3)21(29-5)19(14-16)28-4/h7-14H,6H2,1-5H3,(H,23,24,25). The summed E-state index contributed by atoms with van der Waals surface area (Å²) in [6, 6.07) is 15.8. The van der Waals surface area contributed by atoms with Gasteiger partial charge in [-0.15, -0.1) is 0 Å². The van der Waals surface area contributed by atoms with E-state index in [0.717, 1.165) is 29.4 Å². The number of hydrogen-bond acceptors (Lipinski definition) is 7. The van der Waals surface area contributed by atoms with Gasteiger partial charge in [-0.2, -0.15) is 4.98 Å². The number of aromatic nitrogens is 2. The van der Waals surface area contributed by atoms with Crippen LogP contribution in [-0.4, -0.2) is 37.8 Å². The van der Waals surface area contributed by atoms with Gasteiger partial charge in [-0.05, 0) is 26.0 Å². The molecule has 2 aromatic carbocycles. The molecule has 0 bridgehead atoms. The highest BCUT2D eigenvalue weighted by Crippen LogP contribution is 2.40. The normalized spacial score (nSPS) is 10.4. The molecule has 7 nitrogen and oxygen atoms in total. The first-order valence-corrected chi connectivity index (χ1v) is 9.34. The Bertz CT molecular complexity index is 939. The topological polar surface area (TPSA) is 68.7 Å². The van der Waals surface area contributed by atoms with Crippen molar-refractivity contribution in [2.45, 2.75) is 13.8 Å². The summed E-state index contributed by atoms with van der Waals surface area (Å²) in [5.41, 5.74) is 2.67. The van der Waals surface area contributed by atoms with Crippen molar-refractivity contribution in [2.75, 3.05) is 38.1 Å². The van der Waals surface area contributed by atoms with Crippen molar-refractivity contribution in [1.29, 1.82) is 0 Å². The van der Waals surface area contributed by atoms with E-state index in [9.17, 15) is 0 Å². The SMILES string of the molecule is CCN(c1ccccc1)c1cc(C)nc(Nc2cc(OC)c(OC)c(OC)c2)n1. The maximum atomic E-state index is 5.42. The lowest BCUT2D eigenvalue weighted by Gasteiger charge is -2.23. The zero-order valence-corrected chi connectivity index (χ0v) is 17.4. The second kappa shape index (κ2) is 9.14. The zero-order chi connectivity index (χ0) is 20.8. The van der Waals surface area contributed by atoms with Gasteiger partial charge in [0.15, 0.2) is 11.5 Å². The largest absolute Gasteiger partial charge is 0.493 e. The minimum Gasteiger partial charge on any atom is -0.493 e. The zero-order valence-electron chi connectivity index (χ0n) is 17.4. The van der Waals surface area contributed by atoms with Crippen molar-refractivity contribution in [3.8, 4) is 17.2 Å². The van der Waals surface area contributed by atoms with Gasteiger partial charge in [-0.25, -0.2) is 4.98 Å². The van der Waals surface area contributed by atoms with Gasteiger partial charge in [0.25, 0.3) is 0 Å². The summed E-state index contributed by atoms with van der Waals surface area (Å²) in [5.74, 6) is 2.96. The minimum atomic E-state index is 0.489. The first kappa shape index (κ1) is 20.3. The molecule has 29 heavy (non-hydrogen) atoms. The molecule has 0 spiro atoms. The molecule has 1 heterocycles. The summed E-state index contributed by atoms with van der Waals surface area (Å²) < 4.78 is 16.2. The fourth-order valence-electron chi connectivity index (χ4n) is 3.11. The van der Waals surface area contributed by atoms with Crippen LogP contribution in [0.4, 0.5) is 23.1 Å². The fraction of sp³-hybridized carbons (Fsp3) is 0.273. The van der Waals surface area contributed by atoms with Crippen molar-refractivity contribution in [1.82, 2.24) is 9.97 Å². The van der Waals surface area contributed by atoms with E-state index in [1.54, 1.807) is 21.3 Å². The molecule has 0 amide bonds. The third-order valence-corrected chi connectivity index (χ3v) is 4.42. The summed E-state index contributed by atoms with van der Waals surface area (Å²) in [6.45, 7) is 4.82. The molecule has 0 atom stereocenters. The van der Waals surface area contributed by atoms with Gasteiger partial charge >= 0.3 is 0 Å². The van der Waals surface area contributed by atoms with E-state index < -0.39 is 0 Å². The molecule has 3 rings (SSSR count). The van der Waals surface area contributed by atoms with Crippen LogP contribution in [0.2, 0.25) is 0 Å². The van der Waals surface area contributed by atoms with E-state index in [2.05, 4.69) is 34.3 Å². The Labute approximate surface area is 171 Å². The van der Waals surface area contributed by atoms with E-state index in [-0.39, 0.29) is 0 Å². The van der Waals surface area contributed by atoms with Crippen LogP contribution in [0.5, 0.6) is 17.2 Å². The van der Waals surface area contributed by atoms with Crippen molar-refractivity contribution >= 4 is 23.1 Å². The number of para-hydroxylation sites is 1. The third kappa shape index (κ3) is 4.51. The molecule has 3 aromatic rings. The fourth-order valence-corrected chi connectivity index (χ4v) is 3.11. The molecule has 0 saturated heterocycles. The lowest BCUT2D eigenvalue weighted by molar-refractivity contribution is 0.324. The lowest BCUT2D eigenvalue weighted by atomic mass is 10.2. The molecule has 1 N–H and O–H groups in total. The van der Waals surface area contributed by atoms with Crippen LogP contribution in [0, 0.1) is 6.92 Å². The summed E-state index contributed by atoms with van der Waals surface area (Å²) >= 11 is 0. The Morgan fingerprint density at radius 3 is 2.10 bits per heavy atom. The number of nitrogens with zero attached hydrogens (tertiary/aromatic N) is 3. The van der Waals surface area contributed by atoms with Gasteiger partial charge in [0, 0.05) is 41.8 Å². The molecule has 0 radical (unpaired) electrons. The van der Waals surface area contributed by atoms with Crippen molar-refractivity contribution in [2.24, 2.45) is 0 Å². The van der Waals surface area contributed by atoms with E-state index in [1.165, 1.54) is 0 Å². The number of ether oxygens (including phenoxy) is 3. The highest BCUT2D eigenvalue weighted by atomic mass is 16.5. The molecular formula is C22H26N4O3. The Hall–Kier alpha value is -3.48. The number of aryl methyl sites for hydroxylation is 1. The molecule has 0 aliphatic rings. The molecule has 0 aliphatic carbocycles. The maximum absolute atomic E-state index is 5.42. The summed E-state index contributed by atoms with van der Waals surface area (Å²) in [6.07, 6.45) is 0. The van der Waals surface area contributed by atoms with E-state index >= 15 is 0 Å². The number of nitrogens with one attached hydrogen (secondary N) is 1. The first-order chi connectivity index (χ1) is 14.1. The monoisotopic (exact) mass is 394 g/mol. The molecule has 152 valence electrons. The van der Waals surface area contributed by atoms with Crippen molar-refractivity contribution in [3.05, 3.63) is 54.2 Å². The molecule has 0 fully saturated rings. The molecule has 1 aromatic heterocycles. The highest BCUT2D eigenvalue weighted by Gasteiger charge is 2.15. The third-order valence-electron chi connectivity index (χ3n) is 4.42. The number of benzene rings is 2. The first-order valence-electron chi connectivity index (χ1n) is 9.34. The number of rotatable bonds is 8. The van der Waals surface area contributed by atoms with Crippen molar-refractivity contribution in [3.63, 3.8) is 0 Å². The van der Waals surface area contributed by atoms with E-state index in [4.69, 9.17) is 19.2 Å². The Balaban J connectivity index is 1.97. The predicted octanol–water partition coefficient (Wildman–Crippen LogP) is 4.71. The molecular weight excluding hydrogens is 368 g/mol. The van der Waals surface area contributed by atoms with Crippen LogP contribution < -0.4 is 24.4 Å². The van der Waals surface area contributed by atoms with Crippen molar-refractivity contribution < 1.29 is 14.2 Å². The van der Waals surface area contributed by atoms with E-state index in [0.29, 0.717) is 23.2 Å². The summed E-state index contributed by atoms with van der Waals surface area (Å²) in [7, 11) is 4.75. The van der Waals surface area contributed by atoms with Crippen LogP contribution in [0.25, 0.3) is 0 Å². The minimum absolute atomic E-state index is 0.489. The Morgan fingerprint density at radius 1 is 0.897 bits per heavy atom. The number of anilines is 4. The summed E-state index contributed by atoms with van der Waals surface area (Å²) in [5, 5.41) is 3.25. The predicted molar refractivity (Wildman–Crippen MR) is 115 cm³/mol. The molecule has 0 aliphatic heterocycles. The average molecular weight is 394 g/mol. The van der Waals surface area contributed by atoms with Gasteiger partial charge < -0.3 is 24.4 Å². The van der Waals surface area contributed by atoms with Crippen LogP contribution in [0.15, 0.2) is 48.5 Å². The summed E-state index contributed by atoms with van der Waals surface area (Å²) in [4.78, 5) is 11.4. The second-order valence-electron chi connectivity index (χ2n) is 6.31. The average Bonchev–Trinajstić information content (AvgIpc) is 2.74. The molecule has 0 unspecified atom stereocenters. The van der Waals surface area contributed by atoms with Crippen LogP contribution >= 0.6 is 0 Å². The molecule has 7 heteroatoms. The van der Waals surface area contributed by atoms with E-state index in [1.807, 2.05) is 43.3 Å². The maximum Gasteiger partial charge on any atom is 0.229 e. The van der Waals surface area contributed by atoms with Gasteiger partial charge in [-0.1, -0.05) is 18.2 Å². The van der Waals surface area contributed by atoms with Gasteiger partial charge in [0.2, 0.25) is 11.7 Å². The van der Waals surface area contributed by atoms with Crippen LogP contribution in [-0.2, 0) is 0 Å². The number of hydrogen-bond donors (Lipinski definition) is 1. The second-order valence-corrected chi connectivity index (χ2v) is 6.31. The van der Waals surface area contributed by atoms with Gasteiger partial charge in [-0.3, -0.25) is 0 Å². The Kier molecular flexibility index (Phi) is 6.39. The Morgan fingerprint density at radius 2 is 1.55 bits per heavy atom. The van der Waals surface area contributed by atoms with Crippen LogP contribution in [0.1, 0.15) is 12.6 Å². The van der Waals surface area contributed by atoms with Crippen LogP contribution in [0.3, 0.4) is 0 Å². The lowest BCUT2D eigenvalue weighted by Crippen LogP contribution is -2.18. The van der Waals surface area contributed by atoms with Gasteiger partial charge in [0.05, 0.1) is 21.3 Å². The van der Waals surface area contributed by atoms with Gasteiger partial charge in [0.1, 0.15) is 5.82 Å². The number of methoxy groups -OCH3 is 3. The molecule has 0 saturated carbocycles. The highest BCUT2D eigenvalue weighted by molar-refractivity contribution is 5.67. The quantitative estimate of drug-likeness (QED) is 0.593.